The highest BCUT2D eigenvalue weighted by Crippen LogP contribution is 2.28. The van der Waals surface area contributed by atoms with Crippen LogP contribution in [-0.4, -0.2) is 39.4 Å². The minimum absolute atomic E-state index is 0.0202. The van der Waals surface area contributed by atoms with Crippen molar-refractivity contribution in [2.75, 3.05) is 18.0 Å². The highest BCUT2D eigenvalue weighted by molar-refractivity contribution is 6.00. The average molecular weight is 454 g/mol. The van der Waals surface area contributed by atoms with Gasteiger partial charge in [0.15, 0.2) is 0 Å². The standard InChI is InChI=1S/C27H27N5O2/c1-31-18-20(22-8-2-3-10-24(22)31)16-26(33)32-14-6-9-23-25(32)15-19(17-30-23)27(34)29-13-11-21-7-4-5-12-28-21/h2-5,7-8,10,12,15,17-18H,6,9,11,13-14,16H2,1H3,(H,29,34). The molecule has 0 spiro atoms. The van der Waals surface area contributed by atoms with E-state index in [-0.39, 0.29) is 11.8 Å². The molecule has 172 valence electrons. The smallest absolute Gasteiger partial charge is 0.252 e. The molecule has 0 unspecified atom stereocenters. The Morgan fingerprint density at radius 1 is 1.09 bits per heavy atom. The minimum atomic E-state index is -0.196. The quantitative estimate of drug-likeness (QED) is 0.485. The number of nitrogens with zero attached hydrogens (tertiary/aromatic N) is 4. The van der Waals surface area contributed by atoms with E-state index in [4.69, 9.17) is 0 Å². The zero-order chi connectivity index (χ0) is 23.5. The molecule has 0 fully saturated rings. The largest absolute Gasteiger partial charge is 0.352 e. The van der Waals surface area contributed by atoms with Crippen LogP contribution in [0.3, 0.4) is 0 Å². The minimum Gasteiger partial charge on any atom is -0.352 e. The molecular formula is C27H27N5O2. The van der Waals surface area contributed by atoms with Gasteiger partial charge in [-0.1, -0.05) is 24.3 Å². The number of amides is 2. The van der Waals surface area contributed by atoms with Crippen LogP contribution < -0.4 is 10.2 Å². The maximum Gasteiger partial charge on any atom is 0.252 e. The Kier molecular flexibility index (Phi) is 6.08. The van der Waals surface area contributed by atoms with E-state index in [1.54, 1.807) is 23.4 Å². The van der Waals surface area contributed by atoms with E-state index >= 15 is 0 Å². The summed E-state index contributed by atoms with van der Waals surface area (Å²) >= 11 is 0. The lowest BCUT2D eigenvalue weighted by Crippen LogP contribution is -2.37. The number of nitrogens with one attached hydrogen (secondary N) is 1. The first kappa shape index (κ1) is 21.8. The van der Waals surface area contributed by atoms with Gasteiger partial charge in [0.05, 0.1) is 23.4 Å². The fraction of sp³-hybridized carbons (Fsp3) is 0.259. The van der Waals surface area contributed by atoms with Gasteiger partial charge in [-0.3, -0.25) is 19.6 Å². The van der Waals surface area contributed by atoms with E-state index in [2.05, 4.69) is 32.0 Å². The maximum atomic E-state index is 13.4. The molecule has 1 N–H and O–H groups in total. The molecule has 0 radical (unpaired) electrons. The number of pyridine rings is 2. The highest BCUT2D eigenvalue weighted by atomic mass is 16.2. The summed E-state index contributed by atoms with van der Waals surface area (Å²) in [6.07, 6.45) is 7.99. The van der Waals surface area contributed by atoms with E-state index in [0.717, 1.165) is 46.4 Å². The van der Waals surface area contributed by atoms with Gasteiger partial charge >= 0.3 is 0 Å². The van der Waals surface area contributed by atoms with Crippen LogP contribution in [0.4, 0.5) is 5.69 Å². The van der Waals surface area contributed by atoms with Gasteiger partial charge in [-0.2, -0.15) is 0 Å². The summed E-state index contributed by atoms with van der Waals surface area (Å²) in [6, 6.07) is 15.7. The lowest BCUT2D eigenvalue weighted by Gasteiger charge is -2.29. The number of fused-ring (bicyclic) bond motifs is 2. The summed E-state index contributed by atoms with van der Waals surface area (Å²) in [7, 11) is 2.00. The number of hydrogen-bond acceptors (Lipinski definition) is 4. The highest BCUT2D eigenvalue weighted by Gasteiger charge is 2.25. The van der Waals surface area contributed by atoms with Crippen LogP contribution in [-0.2, 0) is 31.1 Å². The predicted octanol–water partition coefficient (Wildman–Crippen LogP) is 3.46. The molecule has 0 bridgehead atoms. The zero-order valence-corrected chi connectivity index (χ0v) is 19.2. The molecule has 3 aromatic heterocycles. The number of para-hydroxylation sites is 1. The van der Waals surface area contributed by atoms with Gasteiger partial charge in [0.2, 0.25) is 5.91 Å². The van der Waals surface area contributed by atoms with Crippen LogP contribution in [0.15, 0.2) is 67.1 Å². The lowest BCUT2D eigenvalue weighted by molar-refractivity contribution is -0.118. The predicted molar refractivity (Wildman–Crippen MR) is 132 cm³/mol. The topological polar surface area (TPSA) is 80.1 Å². The third kappa shape index (κ3) is 4.41. The number of hydrogen-bond donors (Lipinski definition) is 1. The van der Waals surface area contributed by atoms with Crippen molar-refractivity contribution >= 4 is 28.4 Å². The molecule has 5 rings (SSSR count). The molecule has 0 saturated heterocycles. The zero-order valence-electron chi connectivity index (χ0n) is 19.2. The molecule has 1 aromatic carbocycles. The Morgan fingerprint density at radius 2 is 1.94 bits per heavy atom. The van der Waals surface area contributed by atoms with Crippen molar-refractivity contribution in [3.8, 4) is 0 Å². The van der Waals surface area contributed by atoms with Crippen molar-refractivity contribution < 1.29 is 9.59 Å². The molecule has 0 atom stereocenters. The third-order valence-corrected chi connectivity index (χ3v) is 6.31. The molecule has 1 aliphatic rings. The second kappa shape index (κ2) is 9.47. The van der Waals surface area contributed by atoms with Gasteiger partial charge in [-0.05, 0) is 42.7 Å². The first-order chi connectivity index (χ1) is 16.6. The van der Waals surface area contributed by atoms with Crippen molar-refractivity contribution in [2.45, 2.75) is 25.7 Å². The van der Waals surface area contributed by atoms with E-state index in [9.17, 15) is 9.59 Å². The monoisotopic (exact) mass is 453 g/mol. The van der Waals surface area contributed by atoms with E-state index < -0.39 is 0 Å². The fourth-order valence-electron chi connectivity index (χ4n) is 4.59. The Bertz CT molecular complexity index is 1350. The molecule has 7 nitrogen and oxygen atoms in total. The van der Waals surface area contributed by atoms with E-state index in [0.29, 0.717) is 31.5 Å². The van der Waals surface area contributed by atoms with E-state index in [1.807, 2.05) is 43.6 Å². The number of aromatic nitrogens is 3. The number of rotatable bonds is 6. The number of carbonyl (C=O) groups excluding carboxylic acids is 2. The van der Waals surface area contributed by atoms with Gasteiger partial charge in [0.1, 0.15) is 0 Å². The lowest BCUT2D eigenvalue weighted by atomic mass is 10.0. The molecule has 0 saturated carbocycles. The first-order valence-electron chi connectivity index (χ1n) is 11.6. The fourth-order valence-corrected chi connectivity index (χ4v) is 4.59. The Labute approximate surface area is 198 Å². The molecule has 7 heteroatoms. The van der Waals surface area contributed by atoms with E-state index in [1.165, 1.54) is 0 Å². The van der Waals surface area contributed by atoms with Gasteiger partial charge in [0.25, 0.3) is 5.91 Å². The Morgan fingerprint density at radius 3 is 2.79 bits per heavy atom. The summed E-state index contributed by atoms with van der Waals surface area (Å²) < 4.78 is 2.05. The van der Waals surface area contributed by atoms with Gasteiger partial charge in [-0.25, -0.2) is 0 Å². The van der Waals surface area contributed by atoms with Crippen molar-refractivity contribution in [1.82, 2.24) is 19.9 Å². The summed E-state index contributed by atoms with van der Waals surface area (Å²) in [5, 5.41) is 4.03. The van der Waals surface area contributed by atoms with Crippen LogP contribution in [0.25, 0.3) is 10.9 Å². The Hall–Kier alpha value is -4.00. The molecule has 4 heterocycles. The van der Waals surface area contributed by atoms with Crippen LogP contribution >= 0.6 is 0 Å². The molecule has 34 heavy (non-hydrogen) atoms. The van der Waals surface area contributed by atoms with Crippen LogP contribution in [0, 0.1) is 0 Å². The van der Waals surface area contributed by atoms with Crippen LogP contribution in [0.1, 0.15) is 33.7 Å². The molecule has 1 aliphatic heterocycles. The SMILES string of the molecule is Cn1cc(CC(=O)N2CCCc3ncc(C(=O)NCCc4ccccn4)cc32)c2ccccc21. The summed E-state index contributed by atoms with van der Waals surface area (Å²) in [6.45, 7) is 1.11. The first-order valence-corrected chi connectivity index (χ1v) is 11.6. The second-order valence-corrected chi connectivity index (χ2v) is 8.62. The summed E-state index contributed by atoms with van der Waals surface area (Å²) in [4.78, 5) is 36.7. The summed E-state index contributed by atoms with van der Waals surface area (Å²) in [5.74, 6) is -0.176. The summed E-state index contributed by atoms with van der Waals surface area (Å²) in [5.41, 5.74) is 5.11. The molecule has 0 aliphatic carbocycles. The van der Waals surface area contributed by atoms with Crippen molar-refractivity contribution in [1.29, 1.82) is 0 Å². The van der Waals surface area contributed by atoms with Crippen LogP contribution in [0.5, 0.6) is 0 Å². The van der Waals surface area contributed by atoms with Gasteiger partial charge in [-0.15, -0.1) is 0 Å². The molecule has 4 aromatic rings. The van der Waals surface area contributed by atoms with Gasteiger partial charge in [0, 0.05) is 61.7 Å². The third-order valence-electron chi connectivity index (χ3n) is 6.31. The maximum absolute atomic E-state index is 13.4. The van der Waals surface area contributed by atoms with Crippen molar-refractivity contribution in [2.24, 2.45) is 7.05 Å². The molecular weight excluding hydrogens is 426 g/mol. The van der Waals surface area contributed by atoms with Crippen LogP contribution in [0.2, 0.25) is 0 Å². The number of carbonyl (C=O) groups is 2. The number of benzene rings is 1. The number of anilines is 1. The van der Waals surface area contributed by atoms with Gasteiger partial charge < -0.3 is 14.8 Å². The Balaban J connectivity index is 1.31. The second-order valence-electron chi connectivity index (χ2n) is 8.62. The molecule has 2 amide bonds. The van der Waals surface area contributed by atoms with Crippen molar-refractivity contribution in [3.63, 3.8) is 0 Å². The normalized spacial score (nSPS) is 13.0. The average Bonchev–Trinajstić information content (AvgIpc) is 3.19. The number of aryl methyl sites for hydroxylation is 2. The van der Waals surface area contributed by atoms with Crippen molar-refractivity contribution in [3.05, 3.63) is 89.6 Å².